The molecule has 4 N–H and O–H groups in total. The van der Waals surface area contributed by atoms with Gasteiger partial charge in [-0.15, -0.1) is 24.2 Å². The first kappa shape index (κ1) is 34.5. The van der Waals surface area contributed by atoms with Crippen LogP contribution in [0.4, 0.5) is 5.69 Å². The summed E-state index contributed by atoms with van der Waals surface area (Å²) >= 11 is 6.65. The van der Waals surface area contributed by atoms with Crippen molar-refractivity contribution >= 4 is 41.8 Å². The molecule has 9 heteroatoms. The average molecular weight is 604 g/mol. The number of nitrogens with one attached hydrogen (secondary N) is 2. The number of aromatic nitrogens is 1. The molecule has 0 aliphatic heterocycles. The van der Waals surface area contributed by atoms with Gasteiger partial charge in [0.15, 0.2) is 0 Å². The van der Waals surface area contributed by atoms with E-state index in [1.807, 2.05) is 32.0 Å². The van der Waals surface area contributed by atoms with Gasteiger partial charge in [-0.2, -0.15) is 0 Å². The number of rotatable bonds is 13. The number of ether oxygens (including phenoxy) is 1. The summed E-state index contributed by atoms with van der Waals surface area (Å²) in [5.74, 6) is 1.99. The van der Waals surface area contributed by atoms with Crippen molar-refractivity contribution in [3.05, 3.63) is 53.7 Å². The monoisotopic (exact) mass is 603 g/mol. The first-order valence-electron chi connectivity index (χ1n) is 14.4. The highest BCUT2D eigenvalue weighted by atomic mass is 32.2. The van der Waals surface area contributed by atoms with Crippen LogP contribution in [0.3, 0.4) is 0 Å². The predicted molar refractivity (Wildman–Crippen MR) is 182 cm³/mol. The molecule has 1 aliphatic carbocycles. The topological polar surface area (TPSA) is 75.4 Å². The lowest BCUT2D eigenvalue weighted by Crippen LogP contribution is -2.20. The number of unbranched alkanes of at least 4 members (excludes halogenated alkanes) is 1. The minimum Gasteiger partial charge on any atom is -0.489 e. The van der Waals surface area contributed by atoms with E-state index >= 15 is 0 Å². The van der Waals surface area contributed by atoms with E-state index in [1.54, 1.807) is 11.3 Å². The van der Waals surface area contributed by atoms with E-state index in [4.69, 9.17) is 9.72 Å². The molecule has 0 radical (unpaired) electrons. The summed E-state index contributed by atoms with van der Waals surface area (Å²) in [5, 5.41) is 8.76. The Bertz CT molecular complexity index is 1140. The third-order valence-electron chi connectivity index (χ3n) is 6.41. The van der Waals surface area contributed by atoms with Gasteiger partial charge in [-0.3, -0.25) is 9.86 Å². The van der Waals surface area contributed by atoms with E-state index in [1.165, 1.54) is 34.4 Å². The lowest BCUT2D eigenvalue weighted by Gasteiger charge is -2.20. The quantitative estimate of drug-likeness (QED) is 0.0904. The van der Waals surface area contributed by atoms with Crippen molar-refractivity contribution in [3.8, 4) is 26.8 Å². The Balaban J connectivity index is 0.00000134. The fraction of sp³-hybridized carbons (Fsp3) is 0.516. The van der Waals surface area contributed by atoms with Gasteiger partial charge >= 0.3 is 0 Å². The number of thiol groups is 1. The summed E-state index contributed by atoms with van der Waals surface area (Å²) in [6.45, 7) is 12.5. The molecule has 0 bridgehead atoms. The van der Waals surface area contributed by atoms with Gasteiger partial charge in [-0.05, 0) is 74.5 Å². The zero-order valence-corrected chi connectivity index (χ0v) is 27.8. The van der Waals surface area contributed by atoms with Crippen LogP contribution in [0, 0.1) is 0 Å². The van der Waals surface area contributed by atoms with Gasteiger partial charge in [0.2, 0.25) is 0 Å². The Labute approximate surface area is 256 Å². The molecule has 222 valence electrons. The molecular weight excluding hydrogens is 555 g/mol. The van der Waals surface area contributed by atoms with Crippen LogP contribution in [0.2, 0.25) is 0 Å². The Morgan fingerprint density at radius 1 is 1.18 bits per heavy atom. The van der Waals surface area contributed by atoms with Gasteiger partial charge in [0.1, 0.15) is 10.8 Å². The third kappa shape index (κ3) is 9.67. The molecule has 0 spiro atoms. The van der Waals surface area contributed by atoms with E-state index < -0.39 is 0 Å². The van der Waals surface area contributed by atoms with Crippen molar-refractivity contribution in [2.24, 2.45) is 5.14 Å². The zero-order chi connectivity index (χ0) is 29.5. The Hall–Kier alpha value is -1.75. The van der Waals surface area contributed by atoms with Gasteiger partial charge in [0.05, 0.1) is 16.7 Å². The van der Waals surface area contributed by atoms with Gasteiger partial charge in [0.25, 0.3) is 0 Å². The van der Waals surface area contributed by atoms with Crippen molar-refractivity contribution < 1.29 is 4.74 Å². The van der Waals surface area contributed by atoms with Gasteiger partial charge in [-0.1, -0.05) is 57.3 Å². The highest BCUT2D eigenvalue weighted by Gasteiger charge is 2.25. The number of nitrogens with zero attached hydrogens (tertiary/aromatic N) is 2. The summed E-state index contributed by atoms with van der Waals surface area (Å²) in [4.78, 5) is 8.17. The van der Waals surface area contributed by atoms with Crippen LogP contribution in [0.5, 0.6) is 5.75 Å². The number of benzene rings is 2. The molecule has 1 heterocycles. The lowest BCUT2D eigenvalue weighted by atomic mass is 10.0. The molecule has 4 rings (SSSR count). The number of fused-ring (bicyclic) bond motifs is 1. The largest absolute Gasteiger partial charge is 0.489 e. The SMILES string of the molecule is CC.CCCCNCCSNC1CCc2c(-c3cnc(-c4ccc(OC(C)C)c(N(C)C)c4)s3)cccc21.NS. The van der Waals surface area contributed by atoms with Crippen LogP contribution < -0.4 is 24.8 Å². The molecule has 1 aromatic heterocycles. The molecule has 0 saturated heterocycles. The molecule has 2 aromatic carbocycles. The first-order valence-corrected chi connectivity index (χ1v) is 16.7. The summed E-state index contributed by atoms with van der Waals surface area (Å²) in [6.07, 6.45) is 6.94. The summed E-state index contributed by atoms with van der Waals surface area (Å²) in [5.41, 5.74) is 6.45. The highest BCUT2D eigenvalue weighted by Crippen LogP contribution is 2.42. The second-order valence-electron chi connectivity index (χ2n) is 9.81. The standard InChI is InChI=1S/C29H40N4OS2.C2H6.H3NS/c1-6-7-15-30-16-17-35-32-25-13-12-22-23(25)9-8-10-24(22)28-19-31-29(36-28)21-11-14-27(34-20(2)3)26(18-21)33(4)5;2*1-2/h8-11,14,18-20,25,30,32H,6-7,12-13,15-17H2,1-5H3;1-2H3;2H,1H2. The van der Waals surface area contributed by atoms with E-state index in [2.05, 4.69) is 104 Å². The molecule has 1 atom stereocenters. The predicted octanol–water partition coefficient (Wildman–Crippen LogP) is 7.76. The lowest BCUT2D eigenvalue weighted by molar-refractivity contribution is 0.243. The van der Waals surface area contributed by atoms with Crippen molar-refractivity contribution in [3.63, 3.8) is 0 Å². The molecule has 0 saturated carbocycles. The van der Waals surface area contributed by atoms with Crippen LogP contribution in [0.1, 0.15) is 71.0 Å². The molecule has 0 fully saturated rings. The highest BCUT2D eigenvalue weighted by molar-refractivity contribution is 7.97. The fourth-order valence-electron chi connectivity index (χ4n) is 4.60. The van der Waals surface area contributed by atoms with Crippen LogP contribution >= 0.6 is 36.1 Å². The average Bonchev–Trinajstić information content (AvgIpc) is 3.62. The number of hydrogen-bond acceptors (Lipinski definition) is 9. The van der Waals surface area contributed by atoms with Crippen LogP contribution in [0.25, 0.3) is 21.0 Å². The molecule has 1 aliphatic rings. The van der Waals surface area contributed by atoms with Crippen LogP contribution in [0.15, 0.2) is 42.6 Å². The van der Waals surface area contributed by atoms with Crippen molar-refractivity contribution in [2.45, 2.75) is 72.4 Å². The number of hydrogen-bond donors (Lipinski definition) is 4. The molecule has 1 unspecified atom stereocenters. The maximum Gasteiger partial charge on any atom is 0.143 e. The van der Waals surface area contributed by atoms with E-state index in [-0.39, 0.29) is 6.10 Å². The summed E-state index contributed by atoms with van der Waals surface area (Å²) < 4.78 is 9.74. The second kappa shape index (κ2) is 18.6. The van der Waals surface area contributed by atoms with Crippen molar-refractivity contribution in [1.29, 1.82) is 0 Å². The van der Waals surface area contributed by atoms with Gasteiger partial charge in [-0.25, -0.2) is 4.98 Å². The number of anilines is 1. The van der Waals surface area contributed by atoms with Gasteiger partial charge < -0.3 is 15.0 Å². The van der Waals surface area contributed by atoms with E-state index in [9.17, 15) is 0 Å². The number of thiazole rings is 1. The molecule has 40 heavy (non-hydrogen) atoms. The number of nitrogens with two attached hydrogens (primary N) is 1. The van der Waals surface area contributed by atoms with E-state index in [0.717, 1.165) is 53.7 Å². The van der Waals surface area contributed by atoms with Crippen LogP contribution in [-0.2, 0) is 6.42 Å². The molecule has 0 amide bonds. The van der Waals surface area contributed by atoms with Crippen molar-refractivity contribution in [2.75, 3.05) is 37.8 Å². The molecule has 3 aromatic rings. The maximum atomic E-state index is 6.02. The van der Waals surface area contributed by atoms with Crippen LogP contribution in [-0.4, -0.2) is 44.0 Å². The molecular formula is C31H49N5OS3. The summed E-state index contributed by atoms with van der Waals surface area (Å²) in [7, 11) is 4.11. The smallest absolute Gasteiger partial charge is 0.143 e. The summed E-state index contributed by atoms with van der Waals surface area (Å²) in [6, 6.07) is 13.5. The fourth-order valence-corrected chi connectivity index (χ4v) is 6.38. The van der Waals surface area contributed by atoms with Crippen molar-refractivity contribution in [1.82, 2.24) is 15.0 Å². The molecule has 6 nitrogen and oxygen atoms in total. The van der Waals surface area contributed by atoms with E-state index in [0.29, 0.717) is 6.04 Å². The Morgan fingerprint density at radius 2 is 1.95 bits per heavy atom. The Morgan fingerprint density at radius 3 is 2.65 bits per heavy atom. The second-order valence-corrected chi connectivity index (χ2v) is 11.8. The Kier molecular flexibility index (Phi) is 16.1. The normalized spacial score (nSPS) is 13.7. The van der Waals surface area contributed by atoms with Gasteiger partial charge in [0, 0.05) is 44.2 Å². The first-order chi connectivity index (χ1) is 19.5. The third-order valence-corrected chi connectivity index (χ3v) is 8.34. The maximum absolute atomic E-state index is 6.02. The zero-order valence-electron chi connectivity index (χ0n) is 25.3. The minimum absolute atomic E-state index is 0.139. The minimum atomic E-state index is 0.139.